The molecular formula is C23H24ClN5O2. The molecular weight excluding hydrogens is 414 g/mol. The Labute approximate surface area is 186 Å². The zero-order valence-electron chi connectivity index (χ0n) is 17.3. The molecule has 2 aromatic carbocycles. The van der Waals surface area contributed by atoms with Gasteiger partial charge >= 0.3 is 0 Å². The van der Waals surface area contributed by atoms with Crippen LogP contribution in [-0.2, 0) is 4.79 Å². The van der Waals surface area contributed by atoms with Crippen molar-refractivity contribution < 1.29 is 9.59 Å². The Hall–Kier alpha value is -3.08. The average Bonchev–Trinajstić information content (AvgIpc) is 3.22. The van der Waals surface area contributed by atoms with Gasteiger partial charge in [-0.1, -0.05) is 23.7 Å². The number of hydrogen-bond donors (Lipinski definition) is 2. The average molecular weight is 438 g/mol. The second-order valence-electron chi connectivity index (χ2n) is 7.90. The molecule has 0 aromatic heterocycles. The summed E-state index contributed by atoms with van der Waals surface area (Å²) in [6.45, 7) is 3.06. The molecule has 0 saturated carbocycles. The van der Waals surface area contributed by atoms with Crippen LogP contribution < -0.4 is 15.5 Å². The SMILES string of the molecule is C[C@@H](CN1C(=O)c2cc(Cl)ccc2Nc2ccccc21)NCC(=O)N1CCCC1C#N. The zero-order valence-corrected chi connectivity index (χ0v) is 18.0. The summed E-state index contributed by atoms with van der Waals surface area (Å²) >= 11 is 6.15. The number of nitriles is 1. The number of rotatable bonds is 5. The predicted octanol–water partition coefficient (Wildman–Crippen LogP) is 3.54. The van der Waals surface area contributed by atoms with Gasteiger partial charge in [0.1, 0.15) is 6.04 Å². The van der Waals surface area contributed by atoms with E-state index in [0.717, 1.165) is 24.2 Å². The number of nitrogens with zero attached hydrogens (tertiary/aromatic N) is 3. The van der Waals surface area contributed by atoms with E-state index in [-0.39, 0.29) is 30.4 Å². The molecule has 1 saturated heterocycles. The Kier molecular flexibility index (Phi) is 6.12. The molecule has 160 valence electrons. The normalized spacial score (nSPS) is 18.5. The Morgan fingerprint density at radius 1 is 1.32 bits per heavy atom. The lowest BCUT2D eigenvalue weighted by Gasteiger charge is -2.27. The van der Waals surface area contributed by atoms with E-state index in [1.54, 1.807) is 28.0 Å². The molecule has 1 unspecified atom stereocenters. The van der Waals surface area contributed by atoms with Crippen molar-refractivity contribution in [2.75, 3.05) is 29.9 Å². The van der Waals surface area contributed by atoms with E-state index in [1.165, 1.54) is 0 Å². The largest absolute Gasteiger partial charge is 0.353 e. The maximum absolute atomic E-state index is 13.4. The number of halogens is 1. The third kappa shape index (κ3) is 4.36. The highest BCUT2D eigenvalue weighted by atomic mass is 35.5. The number of carbonyl (C=O) groups is 2. The lowest BCUT2D eigenvalue weighted by molar-refractivity contribution is -0.130. The van der Waals surface area contributed by atoms with E-state index in [0.29, 0.717) is 29.4 Å². The topological polar surface area (TPSA) is 88.5 Å². The molecule has 2 aliphatic heterocycles. The van der Waals surface area contributed by atoms with Crippen molar-refractivity contribution in [1.29, 1.82) is 5.26 Å². The Morgan fingerprint density at radius 3 is 2.94 bits per heavy atom. The third-order valence-electron chi connectivity index (χ3n) is 5.70. The minimum Gasteiger partial charge on any atom is -0.353 e. The van der Waals surface area contributed by atoms with E-state index in [2.05, 4.69) is 16.7 Å². The van der Waals surface area contributed by atoms with Gasteiger partial charge < -0.3 is 20.4 Å². The van der Waals surface area contributed by atoms with Crippen molar-refractivity contribution in [3.8, 4) is 6.07 Å². The number of nitrogens with one attached hydrogen (secondary N) is 2. The first-order valence-electron chi connectivity index (χ1n) is 10.4. The molecule has 1 fully saturated rings. The molecule has 2 N–H and O–H groups in total. The lowest BCUT2D eigenvalue weighted by Crippen LogP contribution is -2.47. The molecule has 0 aliphatic carbocycles. The maximum Gasteiger partial charge on any atom is 0.260 e. The standard InChI is InChI=1S/C23H24ClN5O2/c1-15(26-13-22(30)28-10-4-5-17(28)12-25)14-29-21-7-3-2-6-20(21)27-19-9-8-16(24)11-18(19)23(29)31/h2-3,6-9,11,15,17,26-27H,4-5,10,13-14H2,1H3/t15-,17?/m0/s1. The van der Waals surface area contributed by atoms with Gasteiger partial charge in [-0.15, -0.1) is 0 Å². The zero-order chi connectivity index (χ0) is 22.0. The summed E-state index contributed by atoms with van der Waals surface area (Å²) in [4.78, 5) is 29.3. The number of carbonyl (C=O) groups excluding carboxylic acids is 2. The molecule has 0 spiro atoms. The predicted molar refractivity (Wildman–Crippen MR) is 121 cm³/mol. The van der Waals surface area contributed by atoms with Gasteiger partial charge in [0.25, 0.3) is 5.91 Å². The maximum atomic E-state index is 13.4. The monoisotopic (exact) mass is 437 g/mol. The van der Waals surface area contributed by atoms with Gasteiger partial charge in [0, 0.05) is 24.2 Å². The van der Waals surface area contributed by atoms with Gasteiger partial charge in [0.05, 0.1) is 35.2 Å². The van der Waals surface area contributed by atoms with Gasteiger partial charge in [-0.3, -0.25) is 9.59 Å². The summed E-state index contributed by atoms with van der Waals surface area (Å²) in [7, 11) is 0. The van der Waals surface area contributed by atoms with E-state index in [4.69, 9.17) is 11.6 Å². The summed E-state index contributed by atoms with van der Waals surface area (Å²) in [6.07, 6.45) is 1.58. The van der Waals surface area contributed by atoms with Gasteiger partial charge in [-0.05, 0) is 50.1 Å². The van der Waals surface area contributed by atoms with Crippen LogP contribution in [0.5, 0.6) is 0 Å². The molecule has 7 nitrogen and oxygen atoms in total. The van der Waals surface area contributed by atoms with Crippen LogP contribution in [0.1, 0.15) is 30.1 Å². The van der Waals surface area contributed by atoms with E-state index < -0.39 is 0 Å². The summed E-state index contributed by atoms with van der Waals surface area (Å²) in [5.41, 5.74) is 2.80. The van der Waals surface area contributed by atoms with Gasteiger partial charge in [-0.2, -0.15) is 5.26 Å². The summed E-state index contributed by atoms with van der Waals surface area (Å²) in [6, 6.07) is 14.6. The first-order chi connectivity index (χ1) is 15.0. The van der Waals surface area contributed by atoms with Crippen LogP contribution >= 0.6 is 11.6 Å². The van der Waals surface area contributed by atoms with Crippen LogP contribution in [0.15, 0.2) is 42.5 Å². The number of hydrogen-bond acceptors (Lipinski definition) is 5. The number of benzene rings is 2. The molecule has 2 amide bonds. The van der Waals surface area contributed by atoms with Gasteiger partial charge in [0.2, 0.25) is 5.91 Å². The first kappa shape index (κ1) is 21.2. The van der Waals surface area contributed by atoms with Crippen molar-refractivity contribution >= 4 is 40.5 Å². The summed E-state index contributed by atoms with van der Waals surface area (Å²) < 4.78 is 0. The molecule has 2 aromatic rings. The van der Waals surface area contributed by atoms with Gasteiger partial charge in [-0.25, -0.2) is 0 Å². The minimum absolute atomic E-state index is 0.0858. The van der Waals surface area contributed by atoms with Crippen LogP contribution in [0.25, 0.3) is 0 Å². The second kappa shape index (κ2) is 8.96. The molecule has 2 atom stereocenters. The Balaban J connectivity index is 1.50. The number of likely N-dealkylation sites (tertiary alicyclic amines) is 1. The van der Waals surface area contributed by atoms with Crippen molar-refractivity contribution in [3.63, 3.8) is 0 Å². The molecule has 8 heteroatoms. The molecule has 0 radical (unpaired) electrons. The van der Waals surface area contributed by atoms with E-state index in [1.807, 2.05) is 31.2 Å². The highest BCUT2D eigenvalue weighted by Gasteiger charge is 2.30. The van der Waals surface area contributed by atoms with Crippen molar-refractivity contribution in [3.05, 3.63) is 53.1 Å². The van der Waals surface area contributed by atoms with Crippen molar-refractivity contribution in [2.24, 2.45) is 0 Å². The smallest absolute Gasteiger partial charge is 0.260 e. The lowest BCUT2D eigenvalue weighted by atomic mass is 10.1. The molecule has 4 rings (SSSR count). The summed E-state index contributed by atoms with van der Waals surface area (Å²) in [5, 5.41) is 16.2. The van der Waals surface area contributed by atoms with E-state index >= 15 is 0 Å². The molecule has 2 aliphatic rings. The quantitative estimate of drug-likeness (QED) is 0.746. The van der Waals surface area contributed by atoms with Gasteiger partial charge in [0.15, 0.2) is 0 Å². The fourth-order valence-corrected chi connectivity index (χ4v) is 4.27. The highest BCUT2D eigenvalue weighted by Crippen LogP contribution is 2.36. The Morgan fingerprint density at radius 2 is 2.13 bits per heavy atom. The number of amides is 2. The molecule has 31 heavy (non-hydrogen) atoms. The fraction of sp³-hybridized carbons (Fsp3) is 0.348. The Bertz CT molecular complexity index is 1050. The fourth-order valence-electron chi connectivity index (χ4n) is 4.10. The third-order valence-corrected chi connectivity index (χ3v) is 5.94. The van der Waals surface area contributed by atoms with Crippen LogP contribution in [0, 0.1) is 11.3 Å². The van der Waals surface area contributed by atoms with Crippen LogP contribution in [0.4, 0.5) is 17.1 Å². The van der Waals surface area contributed by atoms with Crippen LogP contribution in [0.3, 0.4) is 0 Å². The molecule has 0 bridgehead atoms. The van der Waals surface area contributed by atoms with Crippen LogP contribution in [-0.4, -0.2) is 48.4 Å². The van der Waals surface area contributed by atoms with E-state index in [9.17, 15) is 14.9 Å². The summed E-state index contributed by atoms with van der Waals surface area (Å²) in [5.74, 6) is -0.240. The minimum atomic E-state index is -0.337. The molecule has 2 heterocycles. The van der Waals surface area contributed by atoms with Crippen LogP contribution in [0.2, 0.25) is 5.02 Å². The number of fused-ring (bicyclic) bond motifs is 2. The number of para-hydroxylation sites is 2. The van der Waals surface area contributed by atoms with Crippen molar-refractivity contribution in [2.45, 2.75) is 31.8 Å². The first-order valence-corrected chi connectivity index (χ1v) is 10.8. The second-order valence-corrected chi connectivity index (χ2v) is 8.34. The number of anilines is 3. The highest BCUT2D eigenvalue weighted by molar-refractivity contribution is 6.31. The van der Waals surface area contributed by atoms with Crippen molar-refractivity contribution in [1.82, 2.24) is 10.2 Å².